The van der Waals surface area contributed by atoms with E-state index in [4.69, 9.17) is 28.4 Å². The number of rotatable bonds is 5. The second-order valence-electron chi connectivity index (χ2n) is 6.02. The lowest BCUT2D eigenvalue weighted by Gasteiger charge is -2.41. The van der Waals surface area contributed by atoms with Crippen molar-refractivity contribution in [1.82, 2.24) is 0 Å². The van der Waals surface area contributed by atoms with Crippen LogP contribution in [0, 0.1) is 0 Å². The van der Waals surface area contributed by atoms with Gasteiger partial charge < -0.3 is 28.4 Å². The molecule has 11 nitrogen and oxygen atoms in total. The third-order valence-corrected chi connectivity index (χ3v) is 3.80. The Balaban J connectivity index is 2.36. The van der Waals surface area contributed by atoms with E-state index >= 15 is 0 Å². The standard InChI is InChI=1S/C16H20O11/c1-6(17)22-5-10-11(23-7(2)18)12(24-8(3)19)13-14(26-10)15(16(21)27-13)25-9(4)20/h10-15H,5H2,1-4H3/t10-,11-,12+,13?,14?,15?/m1/s1. The molecule has 2 aliphatic heterocycles. The van der Waals surface area contributed by atoms with E-state index in [1.165, 1.54) is 6.92 Å². The van der Waals surface area contributed by atoms with E-state index in [0.717, 1.165) is 20.8 Å². The van der Waals surface area contributed by atoms with Gasteiger partial charge in [-0.25, -0.2) is 4.79 Å². The monoisotopic (exact) mass is 388 g/mol. The van der Waals surface area contributed by atoms with Gasteiger partial charge in [-0.15, -0.1) is 0 Å². The first kappa shape index (κ1) is 20.6. The van der Waals surface area contributed by atoms with E-state index in [9.17, 15) is 24.0 Å². The van der Waals surface area contributed by atoms with Crippen molar-refractivity contribution in [1.29, 1.82) is 0 Å². The highest BCUT2D eigenvalue weighted by Crippen LogP contribution is 2.35. The lowest BCUT2D eigenvalue weighted by Crippen LogP contribution is -2.61. The van der Waals surface area contributed by atoms with Gasteiger partial charge in [0.15, 0.2) is 18.3 Å². The summed E-state index contributed by atoms with van der Waals surface area (Å²) < 4.78 is 31.1. The summed E-state index contributed by atoms with van der Waals surface area (Å²) in [4.78, 5) is 57.5. The molecule has 0 aliphatic carbocycles. The van der Waals surface area contributed by atoms with E-state index < -0.39 is 66.5 Å². The molecule has 0 spiro atoms. The molecule has 0 aromatic heterocycles. The topological polar surface area (TPSA) is 141 Å². The summed E-state index contributed by atoms with van der Waals surface area (Å²) in [6.45, 7) is 4.17. The summed E-state index contributed by atoms with van der Waals surface area (Å²) in [5.41, 5.74) is 0. The van der Waals surface area contributed by atoms with Gasteiger partial charge in [-0.05, 0) is 0 Å². The lowest BCUT2D eigenvalue weighted by molar-refractivity contribution is -0.243. The van der Waals surface area contributed by atoms with Gasteiger partial charge in [-0.1, -0.05) is 0 Å². The summed E-state index contributed by atoms with van der Waals surface area (Å²) >= 11 is 0. The zero-order chi connectivity index (χ0) is 20.3. The van der Waals surface area contributed by atoms with Crippen LogP contribution in [0.2, 0.25) is 0 Å². The molecule has 0 amide bonds. The molecule has 2 aliphatic rings. The highest BCUT2D eigenvalue weighted by molar-refractivity contribution is 5.81. The highest BCUT2D eigenvalue weighted by Gasteiger charge is 2.60. The average Bonchev–Trinajstić information content (AvgIpc) is 2.82. The van der Waals surface area contributed by atoms with Crippen LogP contribution in [0.3, 0.4) is 0 Å². The Kier molecular flexibility index (Phi) is 6.37. The smallest absolute Gasteiger partial charge is 0.350 e. The van der Waals surface area contributed by atoms with E-state index in [0.29, 0.717) is 0 Å². The fraction of sp³-hybridized carbons (Fsp3) is 0.688. The van der Waals surface area contributed by atoms with Gasteiger partial charge in [0.2, 0.25) is 6.10 Å². The number of fused-ring (bicyclic) bond motifs is 1. The van der Waals surface area contributed by atoms with Crippen LogP contribution in [0.25, 0.3) is 0 Å². The second-order valence-corrected chi connectivity index (χ2v) is 6.02. The van der Waals surface area contributed by atoms with Gasteiger partial charge >= 0.3 is 29.8 Å². The first-order valence-electron chi connectivity index (χ1n) is 8.11. The predicted molar refractivity (Wildman–Crippen MR) is 81.8 cm³/mol. The number of esters is 5. The molecule has 27 heavy (non-hydrogen) atoms. The van der Waals surface area contributed by atoms with Crippen molar-refractivity contribution in [2.45, 2.75) is 64.3 Å². The molecule has 0 radical (unpaired) electrons. The van der Waals surface area contributed by atoms with Crippen LogP contribution in [0.1, 0.15) is 27.7 Å². The quantitative estimate of drug-likeness (QED) is 0.424. The van der Waals surface area contributed by atoms with E-state index in [2.05, 4.69) is 0 Å². The van der Waals surface area contributed by atoms with E-state index in [1.54, 1.807) is 0 Å². The number of hydrogen-bond donors (Lipinski definition) is 0. The van der Waals surface area contributed by atoms with Gasteiger partial charge in [0.05, 0.1) is 0 Å². The number of carbonyl (C=O) groups is 5. The minimum Gasteiger partial charge on any atom is -0.463 e. The van der Waals surface area contributed by atoms with Crippen molar-refractivity contribution in [3.63, 3.8) is 0 Å². The molecule has 0 bridgehead atoms. The summed E-state index contributed by atoms with van der Waals surface area (Å²) in [6.07, 6.45) is -7.26. The van der Waals surface area contributed by atoms with E-state index in [-0.39, 0.29) is 6.61 Å². The van der Waals surface area contributed by atoms with Gasteiger partial charge in [0, 0.05) is 27.7 Å². The Labute approximate surface area is 154 Å². The number of carbonyl (C=O) groups excluding carboxylic acids is 5. The molecule has 2 heterocycles. The minimum absolute atomic E-state index is 0.352. The number of ether oxygens (including phenoxy) is 6. The predicted octanol–water partition coefficient (Wildman–Crippen LogP) is -0.963. The molecule has 6 atom stereocenters. The van der Waals surface area contributed by atoms with Gasteiger partial charge in [-0.3, -0.25) is 19.2 Å². The van der Waals surface area contributed by atoms with Crippen molar-refractivity contribution < 1.29 is 52.4 Å². The molecule has 2 fully saturated rings. The van der Waals surface area contributed by atoms with Crippen LogP contribution >= 0.6 is 0 Å². The Morgan fingerprint density at radius 2 is 1.37 bits per heavy atom. The molecule has 0 N–H and O–H groups in total. The molecule has 2 rings (SSSR count). The summed E-state index contributed by atoms with van der Waals surface area (Å²) in [6, 6.07) is 0. The van der Waals surface area contributed by atoms with E-state index in [1.807, 2.05) is 0 Å². The van der Waals surface area contributed by atoms with Crippen molar-refractivity contribution in [3.05, 3.63) is 0 Å². The van der Waals surface area contributed by atoms with Crippen molar-refractivity contribution in [3.8, 4) is 0 Å². The minimum atomic E-state index is -1.40. The summed E-state index contributed by atoms with van der Waals surface area (Å²) in [5, 5.41) is 0. The van der Waals surface area contributed by atoms with Crippen molar-refractivity contribution >= 4 is 29.8 Å². The highest BCUT2D eigenvalue weighted by atomic mass is 16.7. The molecule has 0 saturated carbocycles. The van der Waals surface area contributed by atoms with Gasteiger partial charge in [-0.2, -0.15) is 0 Å². The Morgan fingerprint density at radius 1 is 0.815 bits per heavy atom. The van der Waals surface area contributed by atoms with Crippen LogP contribution in [0.15, 0.2) is 0 Å². The Hall–Kier alpha value is -2.69. The fourth-order valence-electron chi connectivity index (χ4n) is 2.94. The molecule has 0 aromatic rings. The molecule has 11 heteroatoms. The average molecular weight is 388 g/mol. The maximum Gasteiger partial charge on any atom is 0.350 e. The molecule has 0 aromatic carbocycles. The normalized spacial score (nSPS) is 31.9. The number of hydrogen-bond acceptors (Lipinski definition) is 11. The third-order valence-electron chi connectivity index (χ3n) is 3.80. The maximum absolute atomic E-state index is 12.1. The SMILES string of the molecule is CC(=O)OC[C@H]1OC2C(OC(C)=O)C(=O)OC2[C@@H](OC(C)=O)[C@@H]1OC(C)=O. The van der Waals surface area contributed by atoms with Crippen molar-refractivity contribution in [2.75, 3.05) is 6.61 Å². The summed E-state index contributed by atoms with van der Waals surface area (Å²) in [5.74, 6) is -3.71. The first-order chi connectivity index (χ1) is 12.6. The molecule has 3 unspecified atom stereocenters. The maximum atomic E-state index is 12.1. The van der Waals surface area contributed by atoms with Crippen LogP contribution in [0.5, 0.6) is 0 Å². The van der Waals surface area contributed by atoms with Crippen LogP contribution in [-0.2, 0) is 52.4 Å². The summed E-state index contributed by atoms with van der Waals surface area (Å²) in [7, 11) is 0. The molecular formula is C16H20O11. The molecular weight excluding hydrogens is 368 g/mol. The Bertz CT molecular complexity index is 642. The van der Waals surface area contributed by atoms with Crippen LogP contribution in [0.4, 0.5) is 0 Å². The zero-order valence-electron chi connectivity index (χ0n) is 15.2. The first-order valence-corrected chi connectivity index (χ1v) is 8.11. The van der Waals surface area contributed by atoms with Crippen molar-refractivity contribution in [2.24, 2.45) is 0 Å². The van der Waals surface area contributed by atoms with Crippen LogP contribution in [-0.4, -0.2) is 73.1 Å². The van der Waals surface area contributed by atoms with Gasteiger partial charge in [0.1, 0.15) is 18.8 Å². The molecule has 150 valence electrons. The largest absolute Gasteiger partial charge is 0.463 e. The third kappa shape index (κ3) is 4.94. The lowest BCUT2D eigenvalue weighted by atomic mass is 9.93. The zero-order valence-corrected chi connectivity index (χ0v) is 15.2. The second kappa shape index (κ2) is 8.33. The fourth-order valence-corrected chi connectivity index (χ4v) is 2.94. The Morgan fingerprint density at radius 3 is 1.89 bits per heavy atom. The molecule has 2 saturated heterocycles. The van der Waals surface area contributed by atoms with Gasteiger partial charge in [0.25, 0.3) is 0 Å². The van der Waals surface area contributed by atoms with Crippen LogP contribution < -0.4 is 0 Å².